The fourth-order valence-corrected chi connectivity index (χ4v) is 3.50. The van der Waals surface area contributed by atoms with Crippen molar-refractivity contribution in [3.63, 3.8) is 0 Å². The summed E-state index contributed by atoms with van der Waals surface area (Å²) in [5.41, 5.74) is 1.86. The van der Waals surface area contributed by atoms with Crippen LogP contribution in [0.15, 0.2) is 60.3 Å². The van der Waals surface area contributed by atoms with Crippen LogP contribution >= 0.6 is 11.6 Å². The summed E-state index contributed by atoms with van der Waals surface area (Å²) in [5, 5.41) is 0.544. The van der Waals surface area contributed by atoms with E-state index in [2.05, 4.69) is 4.90 Å². The molecule has 0 spiro atoms. The number of carbonyl (C=O) groups excluding carboxylic acids is 2. The SMILES string of the molecule is O=C1C=C(N2CCN(c3ccc(F)cc3)CC2)C(=O)N1c1ccc(Cl)cc1. The van der Waals surface area contributed by atoms with Crippen molar-refractivity contribution in [2.24, 2.45) is 0 Å². The van der Waals surface area contributed by atoms with E-state index in [1.54, 1.807) is 36.4 Å². The van der Waals surface area contributed by atoms with Crippen molar-refractivity contribution >= 4 is 34.8 Å². The van der Waals surface area contributed by atoms with E-state index in [0.29, 0.717) is 42.6 Å². The number of rotatable bonds is 3. The molecule has 2 aliphatic heterocycles. The van der Waals surface area contributed by atoms with E-state index < -0.39 is 0 Å². The molecule has 7 heteroatoms. The summed E-state index contributed by atoms with van der Waals surface area (Å²) in [6.07, 6.45) is 1.39. The molecule has 2 amide bonds. The summed E-state index contributed by atoms with van der Waals surface area (Å²) in [6, 6.07) is 13.0. The van der Waals surface area contributed by atoms with Crippen LogP contribution in [0.5, 0.6) is 0 Å². The summed E-state index contributed by atoms with van der Waals surface area (Å²) < 4.78 is 13.1. The molecule has 2 heterocycles. The fraction of sp³-hybridized carbons (Fsp3) is 0.200. The Hall–Kier alpha value is -2.86. The van der Waals surface area contributed by atoms with Gasteiger partial charge in [-0.05, 0) is 48.5 Å². The van der Waals surface area contributed by atoms with Crippen molar-refractivity contribution in [3.8, 4) is 0 Å². The third kappa shape index (κ3) is 3.40. The lowest BCUT2D eigenvalue weighted by Crippen LogP contribution is -2.47. The largest absolute Gasteiger partial charge is 0.368 e. The van der Waals surface area contributed by atoms with Gasteiger partial charge in [-0.3, -0.25) is 9.59 Å². The van der Waals surface area contributed by atoms with E-state index in [-0.39, 0.29) is 17.6 Å². The van der Waals surface area contributed by atoms with Crippen LogP contribution in [0.1, 0.15) is 0 Å². The Labute approximate surface area is 161 Å². The van der Waals surface area contributed by atoms with Gasteiger partial charge in [0.25, 0.3) is 11.8 Å². The molecule has 2 aromatic carbocycles. The van der Waals surface area contributed by atoms with Crippen LogP contribution in [-0.4, -0.2) is 42.9 Å². The van der Waals surface area contributed by atoms with E-state index in [1.165, 1.54) is 18.2 Å². The highest BCUT2D eigenvalue weighted by atomic mass is 35.5. The highest BCUT2D eigenvalue weighted by Gasteiger charge is 2.36. The van der Waals surface area contributed by atoms with Crippen molar-refractivity contribution in [2.75, 3.05) is 36.0 Å². The first-order chi connectivity index (χ1) is 13.0. The summed E-state index contributed by atoms with van der Waals surface area (Å²) in [5.74, 6) is -0.935. The molecule has 0 aromatic heterocycles. The number of anilines is 2. The number of imide groups is 1. The van der Waals surface area contributed by atoms with Gasteiger partial charge in [0, 0.05) is 43.0 Å². The van der Waals surface area contributed by atoms with Crippen LogP contribution in [0, 0.1) is 5.82 Å². The van der Waals surface area contributed by atoms with Gasteiger partial charge in [-0.1, -0.05) is 11.6 Å². The minimum atomic E-state index is -0.349. The number of benzene rings is 2. The average Bonchev–Trinajstić information content (AvgIpc) is 2.98. The molecule has 5 nitrogen and oxygen atoms in total. The van der Waals surface area contributed by atoms with Gasteiger partial charge >= 0.3 is 0 Å². The van der Waals surface area contributed by atoms with E-state index in [9.17, 15) is 14.0 Å². The maximum atomic E-state index is 13.1. The van der Waals surface area contributed by atoms with Crippen LogP contribution in [0.2, 0.25) is 5.02 Å². The Balaban J connectivity index is 1.45. The molecule has 0 saturated carbocycles. The molecule has 1 saturated heterocycles. The monoisotopic (exact) mass is 385 g/mol. The Bertz CT molecular complexity index is 904. The molecule has 0 bridgehead atoms. The molecule has 2 aliphatic rings. The van der Waals surface area contributed by atoms with E-state index in [0.717, 1.165) is 10.6 Å². The van der Waals surface area contributed by atoms with Crippen molar-refractivity contribution in [2.45, 2.75) is 0 Å². The standard InChI is InChI=1S/C20H17ClFN3O2/c21-14-1-5-17(6-2-14)25-19(26)13-18(20(25)27)24-11-9-23(10-12-24)16-7-3-15(22)4-8-16/h1-8,13H,9-12H2. The molecule has 0 N–H and O–H groups in total. The molecular weight excluding hydrogens is 369 g/mol. The number of piperazine rings is 1. The van der Waals surface area contributed by atoms with Crippen LogP contribution < -0.4 is 9.80 Å². The number of carbonyl (C=O) groups is 2. The molecule has 1 fully saturated rings. The summed E-state index contributed by atoms with van der Waals surface area (Å²) in [6.45, 7) is 2.59. The molecule has 27 heavy (non-hydrogen) atoms. The van der Waals surface area contributed by atoms with Crippen molar-refractivity contribution in [1.82, 2.24) is 4.90 Å². The van der Waals surface area contributed by atoms with Gasteiger partial charge in [-0.25, -0.2) is 9.29 Å². The van der Waals surface area contributed by atoms with Crippen LogP contribution in [-0.2, 0) is 9.59 Å². The minimum Gasteiger partial charge on any atom is -0.368 e. The maximum absolute atomic E-state index is 13.1. The van der Waals surface area contributed by atoms with Gasteiger partial charge in [0.2, 0.25) is 0 Å². The predicted molar refractivity (Wildman–Crippen MR) is 102 cm³/mol. The van der Waals surface area contributed by atoms with Gasteiger partial charge in [-0.15, -0.1) is 0 Å². The van der Waals surface area contributed by atoms with Crippen molar-refractivity contribution in [1.29, 1.82) is 0 Å². The molecule has 0 aliphatic carbocycles. The second-order valence-corrected chi connectivity index (χ2v) is 6.87. The zero-order chi connectivity index (χ0) is 19.0. The smallest absolute Gasteiger partial charge is 0.281 e. The Morgan fingerprint density at radius 3 is 1.96 bits per heavy atom. The quantitative estimate of drug-likeness (QED) is 0.762. The minimum absolute atomic E-state index is 0.264. The van der Waals surface area contributed by atoms with Gasteiger partial charge in [-0.2, -0.15) is 0 Å². The average molecular weight is 386 g/mol. The topological polar surface area (TPSA) is 43.9 Å². The van der Waals surface area contributed by atoms with E-state index in [4.69, 9.17) is 11.6 Å². The second kappa shape index (κ2) is 7.04. The highest BCUT2D eigenvalue weighted by molar-refractivity contribution is 6.32. The van der Waals surface area contributed by atoms with Crippen LogP contribution in [0.4, 0.5) is 15.8 Å². The normalized spacial score (nSPS) is 17.6. The Kier molecular flexibility index (Phi) is 4.58. The highest BCUT2D eigenvalue weighted by Crippen LogP contribution is 2.27. The number of nitrogens with zero attached hydrogens (tertiary/aromatic N) is 3. The molecule has 4 rings (SSSR count). The molecule has 0 atom stereocenters. The fourth-order valence-electron chi connectivity index (χ4n) is 3.38. The van der Waals surface area contributed by atoms with E-state index >= 15 is 0 Å². The van der Waals surface area contributed by atoms with Crippen molar-refractivity contribution < 1.29 is 14.0 Å². The van der Waals surface area contributed by atoms with Crippen molar-refractivity contribution in [3.05, 3.63) is 71.1 Å². The second-order valence-electron chi connectivity index (χ2n) is 6.44. The van der Waals surface area contributed by atoms with E-state index in [1.807, 2.05) is 4.90 Å². The first kappa shape index (κ1) is 17.5. The molecule has 0 radical (unpaired) electrons. The third-order valence-corrected chi connectivity index (χ3v) is 5.05. The molecule has 0 unspecified atom stereocenters. The van der Waals surface area contributed by atoms with Crippen LogP contribution in [0.25, 0.3) is 0 Å². The number of hydrogen-bond donors (Lipinski definition) is 0. The lowest BCUT2D eigenvalue weighted by molar-refractivity contribution is -0.121. The number of amides is 2. The first-order valence-electron chi connectivity index (χ1n) is 8.64. The number of hydrogen-bond acceptors (Lipinski definition) is 4. The Morgan fingerprint density at radius 1 is 0.778 bits per heavy atom. The lowest BCUT2D eigenvalue weighted by atomic mass is 10.2. The van der Waals surface area contributed by atoms with Gasteiger partial charge in [0.15, 0.2) is 0 Å². The third-order valence-electron chi connectivity index (χ3n) is 4.80. The predicted octanol–water partition coefficient (Wildman–Crippen LogP) is 3.06. The zero-order valence-corrected chi connectivity index (χ0v) is 15.2. The zero-order valence-electron chi connectivity index (χ0n) is 14.4. The summed E-state index contributed by atoms with van der Waals surface area (Å²) >= 11 is 5.88. The van der Waals surface area contributed by atoms with Crippen LogP contribution in [0.3, 0.4) is 0 Å². The summed E-state index contributed by atoms with van der Waals surface area (Å²) in [7, 11) is 0. The van der Waals surface area contributed by atoms with Gasteiger partial charge in [0.05, 0.1) is 5.69 Å². The molecular formula is C20H17ClFN3O2. The molecule has 2 aromatic rings. The van der Waals surface area contributed by atoms with Gasteiger partial charge in [0.1, 0.15) is 11.5 Å². The molecule has 138 valence electrons. The maximum Gasteiger partial charge on any atom is 0.281 e. The lowest BCUT2D eigenvalue weighted by Gasteiger charge is -2.37. The number of halogens is 2. The Morgan fingerprint density at radius 2 is 1.33 bits per heavy atom. The van der Waals surface area contributed by atoms with Gasteiger partial charge < -0.3 is 9.80 Å². The first-order valence-corrected chi connectivity index (χ1v) is 9.02. The summed E-state index contributed by atoms with van der Waals surface area (Å²) in [4.78, 5) is 30.4.